The zero-order valence-electron chi connectivity index (χ0n) is 9.75. The first-order valence-corrected chi connectivity index (χ1v) is 6.07. The van der Waals surface area contributed by atoms with E-state index >= 15 is 0 Å². The molecule has 15 heavy (non-hydrogen) atoms. The summed E-state index contributed by atoms with van der Waals surface area (Å²) in [7, 11) is 0. The van der Waals surface area contributed by atoms with Crippen LogP contribution in [0.1, 0.15) is 46.0 Å². The second-order valence-corrected chi connectivity index (χ2v) is 5.80. The molecule has 0 heterocycles. The van der Waals surface area contributed by atoms with E-state index in [0.29, 0.717) is 0 Å². The number of hydrogen-bond acceptors (Lipinski definition) is 2. The van der Waals surface area contributed by atoms with Crippen LogP contribution in [0.25, 0.3) is 0 Å². The molecule has 2 rings (SSSR count). The number of nitrogens with two attached hydrogens (primary N) is 1. The lowest BCUT2D eigenvalue weighted by Gasteiger charge is -2.37. The molecule has 2 fully saturated rings. The average molecular weight is 210 g/mol. The minimum Gasteiger partial charge on any atom is -0.351 e. The van der Waals surface area contributed by atoms with Crippen LogP contribution in [-0.4, -0.2) is 18.0 Å². The molecule has 0 aromatic heterocycles. The van der Waals surface area contributed by atoms with Crippen molar-refractivity contribution in [1.82, 2.24) is 5.32 Å². The summed E-state index contributed by atoms with van der Waals surface area (Å²) in [6.45, 7) is 4.42. The van der Waals surface area contributed by atoms with E-state index in [9.17, 15) is 4.79 Å². The molecule has 0 bridgehead atoms. The van der Waals surface area contributed by atoms with Crippen LogP contribution in [0.2, 0.25) is 0 Å². The van der Waals surface area contributed by atoms with E-state index in [1.807, 2.05) is 0 Å². The first-order chi connectivity index (χ1) is 7.00. The lowest BCUT2D eigenvalue weighted by molar-refractivity contribution is -0.130. The maximum Gasteiger partial charge on any atom is 0.223 e. The van der Waals surface area contributed by atoms with Gasteiger partial charge in [-0.15, -0.1) is 0 Å². The fourth-order valence-electron chi connectivity index (χ4n) is 2.64. The third-order valence-corrected chi connectivity index (χ3v) is 3.99. The van der Waals surface area contributed by atoms with Gasteiger partial charge >= 0.3 is 0 Å². The smallest absolute Gasteiger partial charge is 0.223 e. The van der Waals surface area contributed by atoms with Gasteiger partial charge in [0.05, 0.1) is 0 Å². The van der Waals surface area contributed by atoms with Crippen LogP contribution in [0.3, 0.4) is 0 Å². The summed E-state index contributed by atoms with van der Waals surface area (Å²) in [6, 6.07) is 0.468. The number of amides is 1. The molecule has 3 heteroatoms. The minimum atomic E-state index is 0.168. The van der Waals surface area contributed by atoms with Crippen LogP contribution in [0.4, 0.5) is 0 Å². The van der Waals surface area contributed by atoms with Gasteiger partial charge < -0.3 is 11.1 Å². The molecule has 2 aliphatic rings. The third-order valence-electron chi connectivity index (χ3n) is 3.99. The van der Waals surface area contributed by atoms with Gasteiger partial charge in [0.15, 0.2) is 0 Å². The Kier molecular flexibility index (Phi) is 2.75. The standard InChI is InChI=1S/C12H22N2O/c1-12(2)6-4-3-5-8(12)11(15)14-10-7-9(10)13/h8-10H,3-7,13H2,1-2H3,(H,14,15). The first-order valence-electron chi connectivity index (χ1n) is 6.07. The largest absolute Gasteiger partial charge is 0.351 e. The Hall–Kier alpha value is -0.570. The maximum absolute atomic E-state index is 12.0. The Labute approximate surface area is 91.8 Å². The van der Waals surface area contributed by atoms with E-state index in [4.69, 9.17) is 5.73 Å². The van der Waals surface area contributed by atoms with Crippen molar-refractivity contribution in [3.8, 4) is 0 Å². The van der Waals surface area contributed by atoms with Crippen molar-refractivity contribution in [2.75, 3.05) is 0 Å². The number of carbonyl (C=O) groups is 1. The van der Waals surface area contributed by atoms with Crippen molar-refractivity contribution < 1.29 is 4.79 Å². The van der Waals surface area contributed by atoms with Gasteiger partial charge in [0.25, 0.3) is 0 Å². The van der Waals surface area contributed by atoms with Gasteiger partial charge in [-0.3, -0.25) is 4.79 Å². The highest BCUT2D eigenvalue weighted by Crippen LogP contribution is 2.40. The van der Waals surface area contributed by atoms with Crippen molar-refractivity contribution in [2.45, 2.75) is 58.0 Å². The molecule has 1 amide bonds. The zero-order valence-corrected chi connectivity index (χ0v) is 9.75. The van der Waals surface area contributed by atoms with E-state index < -0.39 is 0 Å². The van der Waals surface area contributed by atoms with Crippen LogP contribution in [0, 0.1) is 11.3 Å². The molecule has 3 unspecified atom stereocenters. The molecular weight excluding hydrogens is 188 g/mol. The summed E-state index contributed by atoms with van der Waals surface area (Å²) in [5.41, 5.74) is 5.87. The monoisotopic (exact) mass is 210 g/mol. The summed E-state index contributed by atoms with van der Waals surface area (Å²) >= 11 is 0. The first kappa shape index (κ1) is 10.9. The van der Waals surface area contributed by atoms with E-state index in [-0.39, 0.29) is 29.3 Å². The molecule has 0 saturated heterocycles. The second kappa shape index (κ2) is 3.78. The van der Waals surface area contributed by atoms with E-state index in [1.165, 1.54) is 19.3 Å². The van der Waals surface area contributed by atoms with Crippen molar-refractivity contribution in [3.63, 3.8) is 0 Å². The highest BCUT2D eigenvalue weighted by atomic mass is 16.2. The van der Waals surface area contributed by atoms with E-state index in [1.54, 1.807) is 0 Å². The minimum absolute atomic E-state index is 0.168. The molecule has 3 N–H and O–H groups in total. The summed E-state index contributed by atoms with van der Waals surface area (Å²) in [4.78, 5) is 12.0. The van der Waals surface area contributed by atoms with Crippen LogP contribution in [-0.2, 0) is 4.79 Å². The number of nitrogens with one attached hydrogen (secondary N) is 1. The summed E-state index contributed by atoms with van der Waals surface area (Å²) in [5.74, 6) is 0.428. The van der Waals surface area contributed by atoms with Gasteiger partial charge in [-0.05, 0) is 24.7 Å². The average Bonchev–Trinajstić information content (AvgIpc) is 2.80. The molecule has 2 aliphatic carbocycles. The summed E-state index contributed by atoms with van der Waals surface area (Å²) in [5, 5.41) is 3.07. The Balaban J connectivity index is 1.92. The van der Waals surface area contributed by atoms with Crippen molar-refractivity contribution in [3.05, 3.63) is 0 Å². The lowest BCUT2D eigenvalue weighted by Crippen LogP contribution is -2.42. The number of carbonyl (C=O) groups excluding carboxylic acids is 1. The molecule has 86 valence electrons. The van der Waals surface area contributed by atoms with Gasteiger partial charge in [-0.25, -0.2) is 0 Å². The fourth-order valence-corrected chi connectivity index (χ4v) is 2.64. The molecule has 0 aromatic rings. The van der Waals surface area contributed by atoms with Gasteiger partial charge in [-0.1, -0.05) is 26.7 Å². The molecule has 3 nitrogen and oxygen atoms in total. The molecule has 0 radical (unpaired) electrons. The van der Waals surface area contributed by atoms with Crippen LogP contribution < -0.4 is 11.1 Å². The van der Waals surface area contributed by atoms with Gasteiger partial charge in [0.1, 0.15) is 0 Å². The van der Waals surface area contributed by atoms with Crippen molar-refractivity contribution >= 4 is 5.91 Å². The highest BCUT2D eigenvalue weighted by molar-refractivity contribution is 5.80. The molecule has 3 atom stereocenters. The summed E-state index contributed by atoms with van der Waals surface area (Å²) < 4.78 is 0. The van der Waals surface area contributed by atoms with Crippen LogP contribution in [0.15, 0.2) is 0 Å². The second-order valence-electron chi connectivity index (χ2n) is 5.80. The predicted molar refractivity (Wildman–Crippen MR) is 60.3 cm³/mol. The van der Waals surface area contributed by atoms with Crippen LogP contribution >= 0.6 is 0 Å². The van der Waals surface area contributed by atoms with Crippen molar-refractivity contribution in [2.24, 2.45) is 17.1 Å². The Morgan fingerprint density at radius 3 is 2.60 bits per heavy atom. The predicted octanol–water partition coefficient (Wildman–Crippen LogP) is 1.42. The molecule has 0 aromatic carbocycles. The van der Waals surface area contributed by atoms with Crippen LogP contribution in [0.5, 0.6) is 0 Å². The third kappa shape index (κ3) is 2.33. The topological polar surface area (TPSA) is 55.1 Å². The van der Waals surface area contributed by atoms with Gasteiger partial charge in [0, 0.05) is 18.0 Å². The van der Waals surface area contributed by atoms with Gasteiger partial charge in [-0.2, -0.15) is 0 Å². The quantitative estimate of drug-likeness (QED) is 0.724. The molecule has 0 aliphatic heterocycles. The lowest BCUT2D eigenvalue weighted by atomic mass is 9.68. The number of rotatable bonds is 2. The fraction of sp³-hybridized carbons (Fsp3) is 0.917. The zero-order chi connectivity index (χ0) is 11.1. The number of hydrogen-bond donors (Lipinski definition) is 2. The molecule has 0 spiro atoms. The van der Waals surface area contributed by atoms with Gasteiger partial charge in [0.2, 0.25) is 5.91 Å². The Morgan fingerprint density at radius 2 is 2.07 bits per heavy atom. The van der Waals surface area contributed by atoms with E-state index in [0.717, 1.165) is 12.8 Å². The molecular formula is C12H22N2O. The highest BCUT2D eigenvalue weighted by Gasteiger charge is 2.41. The maximum atomic E-state index is 12.0. The normalized spacial score (nSPS) is 38.5. The van der Waals surface area contributed by atoms with E-state index in [2.05, 4.69) is 19.2 Å². The molecule has 2 saturated carbocycles. The Morgan fingerprint density at radius 1 is 1.40 bits per heavy atom. The summed E-state index contributed by atoms with van der Waals surface area (Å²) in [6.07, 6.45) is 5.62. The van der Waals surface area contributed by atoms with Crippen molar-refractivity contribution in [1.29, 1.82) is 0 Å². The SMILES string of the molecule is CC1(C)CCCCC1C(=O)NC1CC1N. The Bertz CT molecular complexity index is 262.